The van der Waals surface area contributed by atoms with Crippen LogP contribution in [0.2, 0.25) is 0 Å². The molecule has 1 aliphatic carbocycles. The van der Waals surface area contributed by atoms with Gasteiger partial charge in [0.15, 0.2) is 0 Å². The van der Waals surface area contributed by atoms with E-state index in [2.05, 4.69) is 4.72 Å². The summed E-state index contributed by atoms with van der Waals surface area (Å²) < 4.78 is 21.0. The third-order valence-electron chi connectivity index (χ3n) is 1.62. The molecule has 54 valence electrons. The van der Waals surface area contributed by atoms with Gasteiger partial charge in [-0.3, -0.25) is 4.55 Å². The standard InChI is InChI=1S/C5H11NO2S/c1-4(5-2-3-5)6-9(7)8/h4-6H,2-3H2,1H3,(H,7,8). The van der Waals surface area contributed by atoms with E-state index < -0.39 is 11.3 Å². The first kappa shape index (κ1) is 7.18. The van der Waals surface area contributed by atoms with Crippen LogP contribution in [0.1, 0.15) is 19.8 Å². The van der Waals surface area contributed by atoms with Crippen molar-refractivity contribution in [3.63, 3.8) is 0 Å². The van der Waals surface area contributed by atoms with E-state index >= 15 is 0 Å². The zero-order valence-corrected chi connectivity index (χ0v) is 6.15. The quantitative estimate of drug-likeness (QED) is 0.574. The molecule has 2 unspecified atom stereocenters. The van der Waals surface area contributed by atoms with Crippen LogP contribution in [0.15, 0.2) is 0 Å². The van der Waals surface area contributed by atoms with Crippen molar-refractivity contribution in [1.82, 2.24) is 4.72 Å². The van der Waals surface area contributed by atoms with Crippen molar-refractivity contribution >= 4 is 11.3 Å². The van der Waals surface area contributed by atoms with Crippen LogP contribution in [0.25, 0.3) is 0 Å². The van der Waals surface area contributed by atoms with Crippen LogP contribution in [0.5, 0.6) is 0 Å². The van der Waals surface area contributed by atoms with E-state index in [9.17, 15) is 4.21 Å². The second-order valence-electron chi connectivity index (χ2n) is 2.49. The van der Waals surface area contributed by atoms with E-state index in [0.29, 0.717) is 5.92 Å². The van der Waals surface area contributed by atoms with E-state index in [-0.39, 0.29) is 6.04 Å². The molecule has 9 heavy (non-hydrogen) atoms. The fourth-order valence-electron chi connectivity index (χ4n) is 0.851. The first-order valence-corrected chi connectivity index (χ1v) is 4.18. The molecule has 0 bridgehead atoms. The summed E-state index contributed by atoms with van der Waals surface area (Å²) >= 11 is -1.83. The van der Waals surface area contributed by atoms with Crippen molar-refractivity contribution in [2.45, 2.75) is 25.8 Å². The van der Waals surface area contributed by atoms with Crippen LogP contribution in [0.4, 0.5) is 0 Å². The summed E-state index contributed by atoms with van der Waals surface area (Å²) in [6.45, 7) is 1.94. The fraction of sp³-hybridized carbons (Fsp3) is 1.00. The predicted molar refractivity (Wildman–Crippen MR) is 36.1 cm³/mol. The van der Waals surface area contributed by atoms with Crippen molar-refractivity contribution < 1.29 is 8.76 Å². The molecule has 0 spiro atoms. The Morgan fingerprint density at radius 2 is 2.33 bits per heavy atom. The van der Waals surface area contributed by atoms with Gasteiger partial charge in [0.25, 0.3) is 0 Å². The third kappa shape index (κ3) is 2.43. The van der Waals surface area contributed by atoms with Crippen LogP contribution in [-0.2, 0) is 11.3 Å². The molecule has 2 N–H and O–H groups in total. The molecular weight excluding hydrogens is 138 g/mol. The molecule has 3 nitrogen and oxygen atoms in total. The fourth-order valence-corrected chi connectivity index (χ4v) is 1.36. The summed E-state index contributed by atoms with van der Waals surface area (Å²) in [4.78, 5) is 0. The number of hydrogen-bond acceptors (Lipinski definition) is 1. The minimum Gasteiger partial charge on any atom is -0.294 e. The predicted octanol–water partition coefficient (Wildman–Crippen LogP) is 0.511. The Balaban J connectivity index is 2.17. The summed E-state index contributed by atoms with van der Waals surface area (Å²) in [5, 5.41) is 0. The molecule has 1 aliphatic rings. The molecule has 2 atom stereocenters. The molecule has 0 heterocycles. The van der Waals surface area contributed by atoms with Gasteiger partial charge in [0, 0.05) is 6.04 Å². The highest BCUT2D eigenvalue weighted by Gasteiger charge is 2.28. The first-order chi connectivity index (χ1) is 4.20. The Morgan fingerprint density at radius 1 is 1.78 bits per heavy atom. The van der Waals surface area contributed by atoms with Crippen molar-refractivity contribution in [1.29, 1.82) is 0 Å². The van der Waals surface area contributed by atoms with E-state index in [4.69, 9.17) is 4.55 Å². The lowest BCUT2D eigenvalue weighted by molar-refractivity contribution is 0.514. The van der Waals surface area contributed by atoms with E-state index in [0.717, 1.165) is 0 Å². The maximum atomic E-state index is 10.1. The highest BCUT2D eigenvalue weighted by molar-refractivity contribution is 7.77. The molecule has 0 radical (unpaired) electrons. The van der Waals surface area contributed by atoms with Crippen molar-refractivity contribution in [3.05, 3.63) is 0 Å². The van der Waals surface area contributed by atoms with Crippen LogP contribution in [0, 0.1) is 5.92 Å². The normalized spacial score (nSPS) is 25.6. The molecule has 0 aliphatic heterocycles. The molecule has 1 saturated carbocycles. The lowest BCUT2D eigenvalue weighted by Gasteiger charge is -2.06. The van der Waals surface area contributed by atoms with Crippen LogP contribution in [0.3, 0.4) is 0 Å². The van der Waals surface area contributed by atoms with Crippen molar-refractivity contribution in [3.8, 4) is 0 Å². The number of nitrogens with one attached hydrogen (secondary N) is 1. The topological polar surface area (TPSA) is 49.3 Å². The van der Waals surface area contributed by atoms with Gasteiger partial charge in [-0.25, -0.2) is 8.93 Å². The molecule has 0 aromatic rings. The van der Waals surface area contributed by atoms with Crippen LogP contribution < -0.4 is 4.72 Å². The van der Waals surface area contributed by atoms with Gasteiger partial charge in [-0.05, 0) is 25.7 Å². The second kappa shape index (κ2) is 2.77. The highest BCUT2D eigenvalue weighted by Crippen LogP contribution is 2.32. The van der Waals surface area contributed by atoms with Gasteiger partial charge >= 0.3 is 0 Å². The number of rotatable bonds is 3. The third-order valence-corrected chi connectivity index (χ3v) is 2.19. The van der Waals surface area contributed by atoms with Gasteiger partial charge in [0.05, 0.1) is 0 Å². The minimum atomic E-state index is -1.83. The van der Waals surface area contributed by atoms with Gasteiger partial charge in [0.2, 0.25) is 11.3 Å². The minimum absolute atomic E-state index is 0.204. The summed E-state index contributed by atoms with van der Waals surface area (Å²) in [7, 11) is 0. The maximum Gasteiger partial charge on any atom is 0.231 e. The smallest absolute Gasteiger partial charge is 0.231 e. The van der Waals surface area contributed by atoms with Crippen molar-refractivity contribution in [2.75, 3.05) is 0 Å². The Kier molecular flexibility index (Phi) is 2.21. The monoisotopic (exact) mass is 149 g/mol. The molecule has 1 fully saturated rings. The molecule has 4 heteroatoms. The van der Waals surface area contributed by atoms with E-state index in [1.165, 1.54) is 12.8 Å². The van der Waals surface area contributed by atoms with Gasteiger partial charge in [0.1, 0.15) is 0 Å². The lowest BCUT2D eigenvalue weighted by Crippen LogP contribution is -2.29. The highest BCUT2D eigenvalue weighted by atomic mass is 32.2. The van der Waals surface area contributed by atoms with Gasteiger partial charge in [-0.2, -0.15) is 0 Å². The lowest BCUT2D eigenvalue weighted by atomic mass is 10.2. The molecule has 0 aromatic heterocycles. The van der Waals surface area contributed by atoms with Crippen molar-refractivity contribution in [2.24, 2.45) is 5.92 Å². The maximum absolute atomic E-state index is 10.1. The Morgan fingerprint density at radius 3 is 2.67 bits per heavy atom. The molecular formula is C5H11NO2S. The van der Waals surface area contributed by atoms with E-state index in [1.807, 2.05) is 6.92 Å². The SMILES string of the molecule is CC(NS(=O)O)C1CC1. The average Bonchev–Trinajstić information content (AvgIpc) is 2.40. The number of hydrogen-bond donors (Lipinski definition) is 2. The summed E-state index contributed by atoms with van der Waals surface area (Å²) in [5.74, 6) is 0.640. The molecule has 1 rings (SSSR count). The van der Waals surface area contributed by atoms with Gasteiger partial charge < -0.3 is 0 Å². The molecule has 0 aromatic carbocycles. The first-order valence-electron chi connectivity index (χ1n) is 3.07. The van der Waals surface area contributed by atoms with Crippen LogP contribution in [-0.4, -0.2) is 14.8 Å². The zero-order chi connectivity index (χ0) is 6.85. The molecule has 0 amide bonds. The summed E-state index contributed by atoms with van der Waals surface area (Å²) in [6, 6.07) is 0.204. The van der Waals surface area contributed by atoms with Crippen LogP contribution >= 0.6 is 0 Å². The molecule has 0 saturated heterocycles. The Labute approximate surface area is 57.3 Å². The summed E-state index contributed by atoms with van der Waals surface area (Å²) in [5.41, 5.74) is 0. The van der Waals surface area contributed by atoms with Gasteiger partial charge in [-0.1, -0.05) is 0 Å². The van der Waals surface area contributed by atoms with E-state index in [1.54, 1.807) is 0 Å². The van der Waals surface area contributed by atoms with Gasteiger partial charge in [-0.15, -0.1) is 0 Å². The average molecular weight is 149 g/mol. The zero-order valence-electron chi connectivity index (χ0n) is 5.33. The Hall–Kier alpha value is 0.0700. The largest absolute Gasteiger partial charge is 0.294 e. The summed E-state index contributed by atoms with van der Waals surface area (Å²) in [6.07, 6.45) is 2.40. The second-order valence-corrected chi connectivity index (χ2v) is 3.23. The Bertz CT molecular complexity index is 124.